The molecule has 0 spiro atoms. The quantitative estimate of drug-likeness (QED) is 0.773. The van der Waals surface area contributed by atoms with E-state index in [4.69, 9.17) is 0 Å². The van der Waals surface area contributed by atoms with E-state index in [2.05, 4.69) is 18.6 Å². The number of methoxy groups -OCH3 is 1. The maximum Gasteiger partial charge on any atom is 0.326 e. The minimum Gasteiger partial charge on any atom is -0.468 e. The SMILES string of the molecule is COC(=O)CN(c1ccc(C(C)C)cc1)S(C)(=O)=O. The molecule has 0 bridgehead atoms. The van der Waals surface area contributed by atoms with Crippen LogP contribution in [0.2, 0.25) is 0 Å². The first-order valence-electron chi connectivity index (χ1n) is 5.90. The Morgan fingerprint density at radius 3 is 2.16 bits per heavy atom. The number of benzene rings is 1. The first-order valence-corrected chi connectivity index (χ1v) is 7.75. The second-order valence-corrected chi connectivity index (χ2v) is 6.50. The molecule has 106 valence electrons. The Morgan fingerprint density at radius 2 is 1.79 bits per heavy atom. The summed E-state index contributed by atoms with van der Waals surface area (Å²) in [5.74, 6) is -0.236. The number of carbonyl (C=O) groups is 1. The average Bonchev–Trinajstić information content (AvgIpc) is 2.34. The van der Waals surface area contributed by atoms with Crippen LogP contribution in [-0.4, -0.2) is 34.3 Å². The smallest absolute Gasteiger partial charge is 0.326 e. The summed E-state index contributed by atoms with van der Waals surface area (Å²) in [4.78, 5) is 11.3. The van der Waals surface area contributed by atoms with Crippen LogP contribution in [0.5, 0.6) is 0 Å². The zero-order valence-electron chi connectivity index (χ0n) is 11.6. The Balaban J connectivity index is 3.08. The summed E-state index contributed by atoms with van der Waals surface area (Å²) >= 11 is 0. The second-order valence-electron chi connectivity index (χ2n) is 4.59. The number of nitrogens with zero attached hydrogens (tertiary/aromatic N) is 1. The van der Waals surface area contributed by atoms with E-state index in [0.717, 1.165) is 16.1 Å². The normalized spacial score (nSPS) is 11.4. The maximum atomic E-state index is 11.7. The Morgan fingerprint density at radius 1 is 1.26 bits per heavy atom. The van der Waals surface area contributed by atoms with Gasteiger partial charge in [-0.2, -0.15) is 0 Å². The minimum absolute atomic E-state index is 0.323. The van der Waals surface area contributed by atoms with E-state index >= 15 is 0 Å². The van der Waals surface area contributed by atoms with Crippen molar-refractivity contribution in [2.45, 2.75) is 19.8 Å². The van der Waals surface area contributed by atoms with E-state index in [1.54, 1.807) is 12.1 Å². The number of esters is 1. The maximum absolute atomic E-state index is 11.7. The van der Waals surface area contributed by atoms with Crippen molar-refractivity contribution in [2.75, 3.05) is 24.2 Å². The van der Waals surface area contributed by atoms with E-state index in [1.807, 2.05) is 12.1 Å². The molecule has 1 aromatic rings. The monoisotopic (exact) mass is 285 g/mol. The topological polar surface area (TPSA) is 63.7 Å². The molecule has 0 heterocycles. The highest BCUT2D eigenvalue weighted by Gasteiger charge is 2.21. The standard InChI is InChI=1S/C13H19NO4S/c1-10(2)11-5-7-12(8-6-11)14(19(4,16)17)9-13(15)18-3/h5-8,10H,9H2,1-4H3. The van der Waals surface area contributed by atoms with Gasteiger partial charge in [0.15, 0.2) is 0 Å². The van der Waals surface area contributed by atoms with Crippen LogP contribution in [0, 0.1) is 0 Å². The van der Waals surface area contributed by atoms with Gasteiger partial charge in [0.1, 0.15) is 6.54 Å². The lowest BCUT2D eigenvalue weighted by atomic mass is 10.0. The first-order chi connectivity index (χ1) is 8.75. The molecule has 0 radical (unpaired) electrons. The lowest BCUT2D eigenvalue weighted by Gasteiger charge is -2.21. The summed E-state index contributed by atoms with van der Waals surface area (Å²) in [5.41, 5.74) is 1.56. The molecule has 1 rings (SSSR count). The lowest BCUT2D eigenvalue weighted by molar-refractivity contribution is -0.138. The Hall–Kier alpha value is -1.56. The fourth-order valence-corrected chi connectivity index (χ4v) is 2.45. The number of carbonyl (C=O) groups excluding carboxylic acids is 1. The molecular weight excluding hydrogens is 266 g/mol. The number of ether oxygens (including phenoxy) is 1. The van der Waals surface area contributed by atoms with Crippen LogP contribution in [0.15, 0.2) is 24.3 Å². The van der Waals surface area contributed by atoms with Gasteiger partial charge in [-0.15, -0.1) is 0 Å². The van der Waals surface area contributed by atoms with Gasteiger partial charge < -0.3 is 4.74 Å². The summed E-state index contributed by atoms with van der Waals surface area (Å²) in [6.45, 7) is 3.78. The van der Waals surface area contributed by atoms with Crippen molar-refractivity contribution in [3.05, 3.63) is 29.8 Å². The van der Waals surface area contributed by atoms with E-state index in [9.17, 15) is 13.2 Å². The number of sulfonamides is 1. The Bertz CT molecular complexity index is 534. The van der Waals surface area contributed by atoms with Gasteiger partial charge in [-0.3, -0.25) is 9.10 Å². The molecule has 0 aliphatic carbocycles. The van der Waals surface area contributed by atoms with Crippen molar-refractivity contribution < 1.29 is 17.9 Å². The summed E-state index contributed by atoms with van der Waals surface area (Å²) in [5, 5.41) is 0. The molecule has 0 amide bonds. The second kappa shape index (κ2) is 6.06. The molecule has 0 atom stereocenters. The van der Waals surface area contributed by atoms with E-state index < -0.39 is 16.0 Å². The summed E-state index contributed by atoms with van der Waals surface area (Å²) in [6.07, 6.45) is 1.06. The predicted octanol–water partition coefficient (Wildman–Crippen LogP) is 1.75. The summed E-state index contributed by atoms with van der Waals surface area (Å²) < 4.78 is 29.0. The van der Waals surface area contributed by atoms with E-state index in [-0.39, 0.29) is 6.54 Å². The molecule has 0 aliphatic rings. The third-order valence-electron chi connectivity index (χ3n) is 2.75. The van der Waals surface area contributed by atoms with Crippen molar-refractivity contribution in [1.29, 1.82) is 0 Å². The average molecular weight is 285 g/mol. The highest BCUT2D eigenvalue weighted by atomic mass is 32.2. The van der Waals surface area contributed by atoms with Gasteiger partial charge >= 0.3 is 5.97 Å². The third kappa shape index (κ3) is 4.24. The van der Waals surface area contributed by atoms with Gasteiger partial charge in [-0.05, 0) is 23.6 Å². The molecule has 0 fully saturated rings. The van der Waals surface area contributed by atoms with Crippen molar-refractivity contribution >= 4 is 21.7 Å². The van der Waals surface area contributed by atoms with Crippen LogP contribution in [0.3, 0.4) is 0 Å². The van der Waals surface area contributed by atoms with E-state index in [0.29, 0.717) is 11.6 Å². The van der Waals surface area contributed by atoms with Gasteiger partial charge in [-0.25, -0.2) is 8.42 Å². The van der Waals surface area contributed by atoms with Crippen LogP contribution in [0.25, 0.3) is 0 Å². The molecule has 0 saturated carbocycles. The van der Waals surface area contributed by atoms with Crippen LogP contribution in [0.4, 0.5) is 5.69 Å². The lowest BCUT2D eigenvalue weighted by Crippen LogP contribution is -2.35. The Kier molecular flexibility index (Phi) is 4.94. The fraction of sp³-hybridized carbons (Fsp3) is 0.462. The van der Waals surface area contributed by atoms with Gasteiger partial charge in [0.25, 0.3) is 0 Å². The molecule has 0 saturated heterocycles. The van der Waals surface area contributed by atoms with E-state index in [1.165, 1.54) is 7.11 Å². The van der Waals surface area contributed by atoms with Crippen molar-refractivity contribution in [1.82, 2.24) is 0 Å². The fourth-order valence-electron chi connectivity index (χ4n) is 1.61. The first kappa shape index (κ1) is 15.5. The molecule has 6 heteroatoms. The largest absolute Gasteiger partial charge is 0.468 e. The number of anilines is 1. The van der Waals surface area contributed by atoms with Gasteiger partial charge in [0, 0.05) is 0 Å². The van der Waals surface area contributed by atoms with Crippen molar-refractivity contribution in [3.63, 3.8) is 0 Å². The molecule has 0 aromatic heterocycles. The van der Waals surface area contributed by atoms with Crippen molar-refractivity contribution in [3.8, 4) is 0 Å². The van der Waals surface area contributed by atoms with Crippen LogP contribution < -0.4 is 4.31 Å². The van der Waals surface area contributed by atoms with Crippen LogP contribution in [0.1, 0.15) is 25.3 Å². The zero-order valence-corrected chi connectivity index (χ0v) is 12.4. The number of hydrogen-bond donors (Lipinski definition) is 0. The third-order valence-corrected chi connectivity index (χ3v) is 3.89. The molecule has 19 heavy (non-hydrogen) atoms. The van der Waals surface area contributed by atoms with Crippen LogP contribution in [-0.2, 0) is 19.6 Å². The Labute approximate surface area is 114 Å². The predicted molar refractivity (Wildman–Crippen MR) is 74.7 cm³/mol. The molecule has 1 aromatic carbocycles. The van der Waals surface area contributed by atoms with Gasteiger partial charge in [-0.1, -0.05) is 26.0 Å². The summed E-state index contributed by atoms with van der Waals surface area (Å²) in [7, 11) is -2.30. The highest BCUT2D eigenvalue weighted by Crippen LogP contribution is 2.21. The molecule has 0 unspecified atom stereocenters. The zero-order chi connectivity index (χ0) is 14.6. The molecule has 0 aliphatic heterocycles. The number of rotatable bonds is 5. The molecular formula is C13H19NO4S. The van der Waals surface area contributed by atoms with Gasteiger partial charge in [0.2, 0.25) is 10.0 Å². The van der Waals surface area contributed by atoms with Crippen LogP contribution >= 0.6 is 0 Å². The molecule has 5 nitrogen and oxygen atoms in total. The van der Waals surface area contributed by atoms with Gasteiger partial charge in [0.05, 0.1) is 19.1 Å². The molecule has 0 N–H and O–H groups in total. The minimum atomic E-state index is -3.52. The highest BCUT2D eigenvalue weighted by molar-refractivity contribution is 7.92. The number of hydrogen-bond acceptors (Lipinski definition) is 4. The summed E-state index contributed by atoms with van der Waals surface area (Å²) in [6, 6.07) is 7.10. The van der Waals surface area contributed by atoms with Crippen molar-refractivity contribution in [2.24, 2.45) is 0 Å².